The van der Waals surface area contributed by atoms with Gasteiger partial charge < -0.3 is 39.4 Å². The fourth-order valence-corrected chi connectivity index (χ4v) is 4.20. The third kappa shape index (κ3) is 13.7. The van der Waals surface area contributed by atoms with E-state index in [1.807, 2.05) is 0 Å². The summed E-state index contributed by atoms with van der Waals surface area (Å²) < 4.78 is 21.9. The molecule has 0 saturated carbocycles. The molecule has 0 aromatic heterocycles. The zero-order valence-electron chi connectivity index (χ0n) is 21.6. The van der Waals surface area contributed by atoms with Crippen LogP contribution in [0.15, 0.2) is 0 Å². The zero-order valence-corrected chi connectivity index (χ0v) is 21.6. The van der Waals surface area contributed by atoms with Gasteiger partial charge in [0.2, 0.25) is 0 Å². The molecule has 0 aromatic carbocycles. The highest BCUT2D eigenvalue weighted by atomic mass is 16.7. The lowest BCUT2D eigenvalue weighted by molar-refractivity contribution is -0.305. The molecule has 0 aromatic rings. The number of methoxy groups -OCH3 is 1. The smallest absolute Gasteiger partial charge is 0.186 e. The molecular formula is C26H52O8. The van der Waals surface area contributed by atoms with Crippen LogP contribution in [0.3, 0.4) is 0 Å². The summed E-state index contributed by atoms with van der Waals surface area (Å²) in [5, 5.41) is 38.9. The van der Waals surface area contributed by atoms with Crippen LogP contribution < -0.4 is 0 Å². The number of hydrogen-bond acceptors (Lipinski definition) is 8. The second-order valence-corrected chi connectivity index (χ2v) is 9.56. The van der Waals surface area contributed by atoms with Crippen molar-refractivity contribution in [2.45, 2.75) is 134 Å². The Bertz CT molecular complexity index is 451. The maximum atomic E-state index is 10.0. The summed E-state index contributed by atoms with van der Waals surface area (Å²) in [7, 11) is 1.55. The van der Waals surface area contributed by atoms with Crippen molar-refractivity contribution in [3.8, 4) is 0 Å². The van der Waals surface area contributed by atoms with Gasteiger partial charge in [0, 0.05) is 13.7 Å². The van der Waals surface area contributed by atoms with Crippen molar-refractivity contribution in [3.63, 3.8) is 0 Å². The first-order valence-electron chi connectivity index (χ1n) is 13.6. The van der Waals surface area contributed by atoms with E-state index < -0.39 is 37.3 Å². The van der Waals surface area contributed by atoms with E-state index in [1.165, 1.54) is 77.0 Å². The van der Waals surface area contributed by atoms with Crippen LogP contribution >= 0.6 is 0 Å². The van der Waals surface area contributed by atoms with Gasteiger partial charge in [-0.25, -0.2) is 0 Å². The summed E-state index contributed by atoms with van der Waals surface area (Å²) in [5.41, 5.74) is 0. The number of hydrogen-bond donors (Lipinski definition) is 4. The minimum absolute atomic E-state index is 0.0952. The molecule has 1 aliphatic heterocycles. The molecule has 34 heavy (non-hydrogen) atoms. The van der Waals surface area contributed by atoms with Crippen molar-refractivity contribution in [3.05, 3.63) is 0 Å². The van der Waals surface area contributed by atoms with Gasteiger partial charge >= 0.3 is 0 Å². The molecule has 1 heterocycles. The van der Waals surface area contributed by atoms with Gasteiger partial charge in [-0.15, -0.1) is 0 Å². The van der Waals surface area contributed by atoms with E-state index >= 15 is 0 Å². The maximum absolute atomic E-state index is 10.0. The average Bonchev–Trinajstić information content (AvgIpc) is 2.85. The Kier molecular flexibility index (Phi) is 19.4. The van der Waals surface area contributed by atoms with Crippen LogP contribution in [0.5, 0.6) is 0 Å². The molecule has 0 spiro atoms. The second-order valence-electron chi connectivity index (χ2n) is 9.56. The van der Waals surface area contributed by atoms with Gasteiger partial charge in [0.25, 0.3) is 0 Å². The lowest BCUT2D eigenvalue weighted by Crippen LogP contribution is -2.59. The van der Waals surface area contributed by atoms with Crippen molar-refractivity contribution in [1.82, 2.24) is 0 Å². The van der Waals surface area contributed by atoms with Crippen molar-refractivity contribution in [2.24, 2.45) is 0 Å². The number of ether oxygens (including phenoxy) is 4. The van der Waals surface area contributed by atoms with Crippen LogP contribution in [0.1, 0.15) is 96.8 Å². The van der Waals surface area contributed by atoms with Gasteiger partial charge in [0.15, 0.2) is 6.29 Å². The first-order valence-corrected chi connectivity index (χ1v) is 13.6. The second kappa shape index (κ2) is 20.8. The molecule has 1 aliphatic rings. The largest absolute Gasteiger partial charge is 0.394 e. The Morgan fingerprint density at radius 2 is 1.24 bits per heavy atom. The van der Waals surface area contributed by atoms with E-state index in [9.17, 15) is 20.4 Å². The van der Waals surface area contributed by atoms with E-state index in [1.54, 1.807) is 7.11 Å². The van der Waals surface area contributed by atoms with Gasteiger partial charge in [-0.05, 0) is 6.42 Å². The molecule has 204 valence electrons. The minimum Gasteiger partial charge on any atom is -0.394 e. The summed E-state index contributed by atoms with van der Waals surface area (Å²) in [6.07, 6.45) is 11.8. The Morgan fingerprint density at radius 3 is 1.74 bits per heavy atom. The summed E-state index contributed by atoms with van der Waals surface area (Å²) in [6, 6.07) is 0. The quantitative estimate of drug-likeness (QED) is 0.170. The predicted molar refractivity (Wildman–Crippen MR) is 132 cm³/mol. The van der Waals surface area contributed by atoms with E-state index in [0.29, 0.717) is 13.2 Å². The van der Waals surface area contributed by atoms with Crippen LogP contribution in [0.4, 0.5) is 0 Å². The molecular weight excluding hydrogens is 440 g/mol. The summed E-state index contributed by atoms with van der Waals surface area (Å²) >= 11 is 0. The number of unbranched alkanes of at least 4 members (excludes halogenated alkanes) is 13. The molecule has 8 heteroatoms. The average molecular weight is 493 g/mol. The topological polar surface area (TPSA) is 118 Å². The summed E-state index contributed by atoms with van der Waals surface area (Å²) in [4.78, 5) is 0. The van der Waals surface area contributed by atoms with E-state index in [4.69, 9.17) is 18.9 Å². The van der Waals surface area contributed by atoms with Crippen molar-refractivity contribution in [2.75, 3.05) is 33.5 Å². The van der Waals surface area contributed by atoms with Crippen LogP contribution in [-0.4, -0.2) is 90.8 Å². The molecule has 1 saturated heterocycles. The SMILES string of the molecule is CCCCCCCCCCCCCCCCOCC(CO[C@H]1OC(CO)[C@H](O)C(O)[C@H]1O)OC. The molecule has 3 unspecified atom stereocenters. The van der Waals surface area contributed by atoms with Gasteiger partial charge in [-0.1, -0.05) is 90.4 Å². The molecule has 8 nitrogen and oxygen atoms in total. The predicted octanol–water partition coefficient (Wildman–Crippen LogP) is 3.32. The van der Waals surface area contributed by atoms with Gasteiger partial charge in [-0.3, -0.25) is 0 Å². The maximum Gasteiger partial charge on any atom is 0.186 e. The highest BCUT2D eigenvalue weighted by Gasteiger charge is 2.44. The highest BCUT2D eigenvalue weighted by molar-refractivity contribution is 4.88. The Morgan fingerprint density at radius 1 is 0.706 bits per heavy atom. The lowest BCUT2D eigenvalue weighted by atomic mass is 9.99. The Labute approximate surface area is 206 Å². The third-order valence-electron chi connectivity index (χ3n) is 6.57. The molecule has 0 amide bonds. The Hall–Kier alpha value is -0.320. The molecule has 1 rings (SSSR count). The normalized spacial score (nSPS) is 26.1. The van der Waals surface area contributed by atoms with Crippen molar-refractivity contribution < 1.29 is 39.4 Å². The molecule has 0 radical (unpaired) electrons. The fourth-order valence-electron chi connectivity index (χ4n) is 4.20. The summed E-state index contributed by atoms with van der Waals surface area (Å²) in [6.45, 7) is 2.89. The monoisotopic (exact) mass is 492 g/mol. The standard InChI is InChI=1S/C26H52O8/c1-3-4-5-6-7-8-9-10-11-12-13-14-15-16-17-32-19-21(31-2)20-33-26-25(30)24(29)23(28)22(18-27)34-26/h21-30H,3-20H2,1-2H3/t21?,22?,23-,24?,25+,26-/m0/s1. The van der Waals surface area contributed by atoms with E-state index in [0.717, 1.165) is 12.8 Å². The van der Waals surface area contributed by atoms with Gasteiger partial charge in [-0.2, -0.15) is 0 Å². The number of rotatable bonds is 22. The summed E-state index contributed by atoms with van der Waals surface area (Å²) in [5.74, 6) is 0. The molecule has 6 atom stereocenters. The van der Waals surface area contributed by atoms with Crippen molar-refractivity contribution >= 4 is 0 Å². The molecule has 0 bridgehead atoms. The van der Waals surface area contributed by atoms with E-state index in [2.05, 4.69) is 6.92 Å². The zero-order chi connectivity index (χ0) is 25.0. The van der Waals surface area contributed by atoms with Crippen molar-refractivity contribution in [1.29, 1.82) is 0 Å². The first-order chi connectivity index (χ1) is 16.5. The minimum atomic E-state index is -1.45. The number of aliphatic hydroxyl groups excluding tert-OH is 4. The lowest BCUT2D eigenvalue weighted by Gasteiger charge is -2.39. The van der Waals surface area contributed by atoms with Gasteiger partial charge in [0.05, 0.1) is 19.8 Å². The fraction of sp³-hybridized carbons (Fsp3) is 1.00. The third-order valence-corrected chi connectivity index (χ3v) is 6.57. The molecule has 4 N–H and O–H groups in total. The van der Waals surface area contributed by atoms with Gasteiger partial charge in [0.1, 0.15) is 30.5 Å². The van der Waals surface area contributed by atoms with E-state index in [-0.39, 0.29) is 12.7 Å². The molecule has 1 fully saturated rings. The van der Waals surface area contributed by atoms with Crippen LogP contribution in [-0.2, 0) is 18.9 Å². The Balaban J connectivity index is 1.97. The molecule has 0 aliphatic carbocycles. The number of aliphatic hydroxyl groups is 4. The van der Waals surface area contributed by atoms with Crippen LogP contribution in [0.25, 0.3) is 0 Å². The first kappa shape index (κ1) is 31.7. The van der Waals surface area contributed by atoms with Crippen LogP contribution in [0, 0.1) is 0 Å². The van der Waals surface area contributed by atoms with Crippen LogP contribution in [0.2, 0.25) is 0 Å². The highest BCUT2D eigenvalue weighted by Crippen LogP contribution is 2.22.